The van der Waals surface area contributed by atoms with Gasteiger partial charge in [0, 0.05) is 17.8 Å². The second-order valence-electron chi connectivity index (χ2n) is 4.61. The third-order valence-corrected chi connectivity index (χ3v) is 3.23. The molecule has 3 rings (SSSR count). The van der Waals surface area contributed by atoms with Crippen molar-refractivity contribution >= 4 is 11.0 Å². The van der Waals surface area contributed by atoms with Crippen LogP contribution in [0.1, 0.15) is 17.4 Å². The van der Waals surface area contributed by atoms with E-state index in [1.807, 2.05) is 18.2 Å². The summed E-state index contributed by atoms with van der Waals surface area (Å²) in [4.78, 5) is 3.98. The SMILES string of the molecule is NNC(Cc1ccncc1)c1cc2cc(F)ccc2o1. The normalized spacial score (nSPS) is 12.7. The van der Waals surface area contributed by atoms with Gasteiger partial charge in [0.15, 0.2) is 0 Å². The number of hydrogen-bond donors (Lipinski definition) is 2. The van der Waals surface area contributed by atoms with Gasteiger partial charge in [0.05, 0.1) is 6.04 Å². The Labute approximate surface area is 115 Å². The molecule has 0 aliphatic rings. The summed E-state index contributed by atoms with van der Waals surface area (Å²) in [6, 6.07) is 9.93. The van der Waals surface area contributed by atoms with Gasteiger partial charge in [0.1, 0.15) is 17.2 Å². The first-order valence-corrected chi connectivity index (χ1v) is 6.30. The maximum atomic E-state index is 13.2. The molecule has 0 spiro atoms. The Balaban J connectivity index is 1.91. The van der Waals surface area contributed by atoms with Crippen LogP contribution in [0.3, 0.4) is 0 Å². The molecular weight excluding hydrogens is 257 g/mol. The molecule has 1 atom stereocenters. The van der Waals surface area contributed by atoms with E-state index >= 15 is 0 Å². The van der Waals surface area contributed by atoms with Crippen LogP contribution in [-0.2, 0) is 6.42 Å². The van der Waals surface area contributed by atoms with Crippen LogP contribution >= 0.6 is 0 Å². The number of pyridine rings is 1. The van der Waals surface area contributed by atoms with Gasteiger partial charge in [-0.25, -0.2) is 9.82 Å². The molecule has 2 heterocycles. The van der Waals surface area contributed by atoms with E-state index in [0.29, 0.717) is 17.8 Å². The fourth-order valence-corrected chi connectivity index (χ4v) is 2.20. The van der Waals surface area contributed by atoms with Gasteiger partial charge in [0.25, 0.3) is 0 Å². The lowest BCUT2D eigenvalue weighted by Crippen LogP contribution is -2.29. The first kappa shape index (κ1) is 12.8. The topological polar surface area (TPSA) is 64.1 Å². The lowest BCUT2D eigenvalue weighted by Gasteiger charge is -2.12. The van der Waals surface area contributed by atoms with E-state index in [-0.39, 0.29) is 11.9 Å². The maximum Gasteiger partial charge on any atom is 0.134 e. The summed E-state index contributed by atoms with van der Waals surface area (Å²) in [5, 5.41) is 0.731. The summed E-state index contributed by atoms with van der Waals surface area (Å²) >= 11 is 0. The average molecular weight is 271 g/mol. The number of hydrogen-bond acceptors (Lipinski definition) is 4. The van der Waals surface area contributed by atoms with Crippen LogP contribution < -0.4 is 11.3 Å². The number of nitrogens with one attached hydrogen (secondary N) is 1. The van der Waals surface area contributed by atoms with Gasteiger partial charge in [-0.05, 0) is 48.4 Å². The van der Waals surface area contributed by atoms with Gasteiger partial charge in [-0.3, -0.25) is 10.8 Å². The first-order valence-electron chi connectivity index (χ1n) is 6.30. The Morgan fingerprint density at radius 1 is 1.20 bits per heavy atom. The lowest BCUT2D eigenvalue weighted by atomic mass is 10.1. The number of nitrogens with zero attached hydrogens (tertiary/aromatic N) is 1. The molecule has 0 fully saturated rings. The molecule has 0 amide bonds. The Morgan fingerprint density at radius 2 is 2.00 bits per heavy atom. The molecule has 0 saturated heterocycles. The first-order chi connectivity index (χ1) is 9.76. The number of nitrogens with two attached hydrogens (primary N) is 1. The molecule has 3 aromatic rings. The zero-order valence-corrected chi connectivity index (χ0v) is 10.7. The highest BCUT2D eigenvalue weighted by atomic mass is 19.1. The van der Waals surface area contributed by atoms with Crippen molar-refractivity contribution in [2.75, 3.05) is 0 Å². The van der Waals surface area contributed by atoms with E-state index < -0.39 is 0 Å². The van der Waals surface area contributed by atoms with Crippen molar-refractivity contribution in [1.82, 2.24) is 10.4 Å². The number of fused-ring (bicyclic) bond motifs is 1. The molecule has 4 nitrogen and oxygen atoms in total. The van der Waals surface area contributed by atoms with Crippen LogP contribution in [0.25, 0.3) is 11.0 Å². The van der Waals surface area contributed by atoms with Crippen LogP contribution in [-0.4, -0.2) is 4.98 Å². The molecule has 3 N–H and O–H groups in total. The number of halogens is 1. The van der Waals surface area contributed by atoms with E-state index in [4.69, 9.17) is 10.3 Å². The van der Waals surface area contributed by atoms with Crippen LogP contribution in [0, 0.1) is 5.82 Å². The van der Waals surface area contributed by atoms with Gasteiger partial charge < -0.3 is 4.42 Å². The minimum atomic E-state index is -0.281. The van der Waals surface area contributed by atoms with Gasteiger partial charge >= 0.3 is 0 Å². The van der Waals surface area contributed by atoms with E-state index in [1.165, 1.54) is 12.1 Å². The molecule has 1 unspecified atom stereocenters. The molecule has 5 heteroatoms. The van der Waals surface area contributed by atoms with Crippen molar-refractivity contribution in [3.63, 3.8) is 0 Å². The predicted molar refractivity (Wildman–Crippen MR) is 74.2 cm³/mol. The summed E-state index contributed by atoms with van der Waals surface area (Å²) < 4.78 is 18.9. The number of benzene rings is 1. The van der Waals surface area contributed by atoms with Crippen molar-refractivity contribution in [1.29, 1.82) is 0 Å². The van der Waals surface area contributed by atoms with Gasteiger partial charge in [-0.2, -0.15) is 0 Å². The molecule has 102 valence electrons. The molecule has 0 bridgehead atoms. The Bertz CT molecular complexity index is 711. The van der Waals surface area contributed by atoms with Gasteiger partial charge in [-0.1, -0.05) is 0 Å². The van der Waals surface area contributed by atoms with Crippen molar-refractivity contribution in [2.45, 2.75) is 12.5 Å². The summed E-state index contributed by atoms with van der Waals surface area (Å²) in [5.41, 5.74) is 4.48. The number of rotatable bonds is 4. The maximum absolute atomic E-state index is 13.2. The molecular formula is C15H14FN3O. The van der Waals surface area contributed by atoms with Crippen LogP contribution in [0.15, 0.2) is 53.2 Å². The Morgan fingerprint density at radius 3 is 2.75 bits per heavy atom. The van der Waals surface area contributed by atoms with Gasteiger partial charge in [0.2, 0.25) is 0 Å². The van der Waals surface area contributed by atoms with E-state index in [2.05, 4.69) is 10.4 Å². The summed E-state index contributed by atoms with van der Waals surface area (Å²) in [7, 11) is 0. The van der Waals surface area contributed by atoms with Crippen molar-refractivity contribution in [2.24, 2.45) is 5.84 Å². The Kier molecular flexibility index (Phi) is 3.45. The monoisotopic (exact) mass is 271 g/mol. The summed E-state index contributed by atoms with van der Waals surface area (Å²) in [6.07, 6.45) is 4.13. The van der Waals surface area contributed by atoms with Crippen molar-refractivity contribution in [3.8, 4) is 0 Å². The highest BCUT2D eigenvalue weighted by Gasteiger charge is 2.16. The third kappa shape index (κ3) is 2.54. The summed E-state index contributed by atoms with van der Waals surface area (Å²) in [5.74, 6) is 6.01. The highest BCUT2D eigenvalue weighted by molar-refractivity contribution is 5.78. The standard InChI is InChI=1S/C15H14FN3O/c16-12-1-2-14-11(8-12)9-15(20-14)13(19-17)7-10-3-5-18-6-4-10/h1-6,8-9,13,19H,7,17H2. The van der Waals surface area contributed by atoms with Crippen LogP contribution in [0.2, 0.25) is 0 Å². The van der Waals surface area contributed by atoms with E-state index in [9.17, 15) is 4.39 Å². The fourth-order valence-electron chi connectivity index (χ4n) is 2.20. The summed E-state index contributed by atoms with van der Waals surface area (Å²) in [6.45, 7) is 0. The van der Waals surface area contributed by atoms with Crippen molar-refractivity contribution in [3.05, 3.63) is 65.9 Å². The van der Waals surface area contributed by atoms with Gasteiger partial charge in [-0.15, -0.1) is 0 Å². The second kappa shape index (κ2) is 5.40. The molecule has 2 aromatic heterocycles. The molecule has 20 heavy (non-hydrogen) atoms. The smallest absolute Gasteiger partial charge is 0.134 e. The zero-order chi connectivity index (χ0) is 13.9. The van der Waals surface area contributed by atoms with Crippen molar-refractivity contribution < 1.29 is 8.81 Å². The Hall–Kier alpha value is -2.24. The predicted octanol–water partition coefficient (Wildman–Crippen LogP) is 2.71. The second-order valence-corrected chi connectivity index (χ2v) is 4.61. The zero-order valence-electron chi connectivity index (χ0n) is 10.7. The van der Waals surface area contributed by atoms with Crippen LogP contribution in [0.5, 0.6) is 0 Å². The van der Waals surface area contributed by atoms with E-state index in [1.54, 1.807) is 18.5 Å². The molecule has 0 radical (unpaired) electrons. The molecule has 0 aliphatic carbocycles. The minimum Gasteiger partial charge on any atom is -0.459 e. The average Bonchev–Trinajstić information content (AvgIpc) is 2.88. The molecule has 1 aromatic carbocycles. The number of aromatic nitrogens is 1. The number of hydrazine groups is 1. The van der Waals surface area contributed by atoms with Crippen LogP contribution in [0.4, 0.5) is 4.39 Å². The molecule has 0 aliphatic heterocycles. The quantitative estimate of drug-likeness (QED) is 0.565. The number of furan rings is 1. The third-order valence-electron chi connectivity index (χ3n) is 3.23. The van der Waals surface area contributed by atoms with E-state index in [0.717, 1.165) is 10.9 Å². The minimum absolute atomic E-state index is 0.173. The fraction of sp³-hybridized carbons (Fsp3) is 0.133. The molecule has 0 saturated carbocycles. The largest absolute Gasteiger partial charge is 0.459 e. The highest BCUT2D eigenvalue weighted by Crippen LogP contribution is 2.26. The lowest BCUT2D eigenvalue weighted by molar-refractivity contribution is 0.434.